The smallest absolute Gasteiger partial charge is 0.407 e. The number of benzene rings is 2. The number of amides is 3. The molecule has 0 fully saturated rings. The number of nitrogens with one attached hydrogen (secondary N) is 1. The van der Waals surface area contributed by atoms with Gasteiger partial charge in [-0.15, -0.1) is 0 Å². The molecular formula is C22H24N2O5. The first-order chi connectivity index (χ1) is 14.1. The number of carbonyl (C=O) groups is 3. The second-order valence-electron chi connectivity index (χ2n) is 6.94. The summed E-state index contributed by atoms with van der Waals surface area (Å²) in [7, 11) is 0. The van der Waals surface area contributed by atoms with E-state index in [1.54, 1.807) is 24.3 Å². The third-order valence-corrected chi connectivity index (χ3v) is 4.50. The van der Waals surface area contributed by atoms with Gasteiger partial charge in [0, 0.05) is 13.1 Å². The minimum Gasteiger partial charge on any atom is -0.445 e. The first kappa shape index (κ1) is 20.5. The number of alkyl carbamates (subject to hydrolysis) is 1. The Morgan fingerprint density at radius 1 is 1.00 bits per heavy atom. The molecule has 0 saturated carbocycles. The lowest BCUT2D eigenvalue weighted by molar-refractivity contribution is 0.0558. The van der Waals surface area contributed by atoms with Crippen molar-refractivity contribution in [1.82, 2.24) is 10.2 Å². The maximum absolute atomic E-state index is 12.4. The number of hydrogen-bond acceptors (Lipinski definition) is 5. The third-order valence-electron chi connectivity index (χ3n) is 4.50. The number of rotatable bonds is 9. The first-order valence-corrected chi connectivity index (χ1v) is 9.53. The second kappa shape index (κ2) is 9.84. The van der Waals surface area contributed by atoms with Crippen LogP contribution in [-0.2, 0) is 16.1 Å². The van der Waals surface area contributed by atoms with E-state index >= 15 is 0 Å². The summed E-state index contributed by atoms with van der Waals surface area (Å²) in [5.41, 5.74) is 1.81. The molecule has 1 atom stereocenters. The Balaban J connectivity index is 1.30. The molecule has 3 amide bonds. The van der Waals surface area contributed by atoms with Gasteiger partial charge >= 0.3 is 6.09 Å². The topological polar surface area (TPSA) is 84.9 Å². The van der Waals surface area contributed by atoms with E-state index in [9.17, 15) is 14.4 Å². The SMILES string of the molecule is C[C@@H](COCCNC(=O)OCc1ccccc1)CN1C(=O)c2ccccc2C1=O. The number of carbonyl (C=O) groups excluding carboxylic acids is 3. The van der Waals surface area contributed by atoms with Crippen LogP contribution in [-0.4, -0.2) is 49.1 Å². The number of imide groups is 1. The molecule has 7 nitrogen and oxygen atoms in total. The summed E-state index contributed by atoms with van der Waals surface area (Å²) in [5.74, 6) is -0.553. The number of fused-ring (bicyclic) bond motifs is 1. The quantitative estimate of drug-likeness (QED) is 0.520. The normalized spacial score (nSPS) is 13.9. The van der Waals surface area contributed by atoms with Gasteiger partial charge in [0.1, 0.15) is 6.61 Å². The summed E-state index contributed by atoms with van der Waals surface area (Å²) in [6.45, 7) is 3.41. The Bertz CT molecular complexity index is 834. The third kappa shape index (κ3) is 5.42. The fraction of sp³-hybridized carbons (Fsp3) is 0.318. The molecule has 1 N–H and O–H groups in total. The van der Waals surface area contributed by atoms with Crippen LogP contribution in [0.4, 0.5) is 4.79 Å². The summed E-state index contributed by atoms with van der Waals surface area (Å²) < 4.78 is 10.7. The van der Waals surface area contributed by atoms with Gasteiger partial charge in [-0.2, -0.15) is 0 Å². The lowest BCUT2D eigenvalue weighted by Gasteiger charge is -2.19. The van der Waals surface area contributed by atoms with Gasteiger partial charge in [0.2, 0.25) is 0 Å². The standard InChI is InChI=1S/C22H24N2O5/c1-16(13-24-20(25)18-9-5-6-10-19(18)21(24)26)14-28-12-11-23-22(27)29-15-17-7-3-2-4-8-17/h2-10,16H,11-15H2,1H3,(H,23,27)/t16-/m1/s1. The lowest BCUT2D eigenvalue weighted by atomic mass is 10.1. The van der Waals surface area contributed by atoms with Gasteiger partial charge in [0.25, 0.3) is 11.8 Å². The van der Waals surface area contributed by atoms with Crippen LogP contribution in [0.2, 0.25) is 0 Å². The molecule has 1 heterocycles. The number of hydrogen-bond donors (Lipinski definition) is 1. The maximum Gasteiger partial charge on any atom is 0.407 e. The van der Waals surface area contributed by atoms with Crippen LogP contribution < -0.4 is 5.32 Å². The highest BCUT2D eigenvalue weighted by Crippen LogP contribution is 2.23. The van der Waals surface area contributed by atoms with Gasteiger partial charge in [-0.25, -0.2) is 4.79 Å². The fourth-order valence-electron chi connectivity index (χ4n) is 3.05. The summed E-state index contributed by atoms with van der Waals surface area (Å²) in [6, 6.07) is 16.3. The summed E-state index contributed by atoms with van der Waals surface area (Å²) in [4.78, 5) is 37.6. The number of nitrogens with zero attached hydrogens (tertiary/aromatic N) is 1. The van der Waals surface area contributed by atoms with Gasteiger partial charge in [-0.05, 0) is 23.6 Å². The van der Waals surface area contributed by atoms with Crippen LogP contribution in [0.5, 0.6) is 0 Å². The highest BCUT2D eigenvalue weighted by atomic mass is 16.5. The zero-order valence-electron chi connectivity index (χ0n) is 16.3. The van der Waals surface area contributed by atoms with E-state index in [2.05, 4.69) is 5.32 Å². The minimum absolute atomic E-state index is 0.0257. The van der Waals surface area contributed by atoms with E-state index in [1.165, 1.54) is 4.90 Å². The van der Waals surface area contributed by atoms with Crippen LogP contribution in [0.25, 0.3) is 0 Å². The molecule has 0 saturated heterocycles. The molecule has 0 aliphatic carbocycles. The van der Waals surface area contributed by atoms with Crippen LogP contribution in [0.3, 0.4) is 0 Å². The van der Waals surface area contributed by atoms with Crippen molar-refractivity contribution in [1.29, 1.82) is 0 Å². The van der Waals surface area contributed by atoms with Crippen molar-refractivity contribution in [3.63, 3.8) is 0 Å². The molecule has 0 spiro atoms. The molecule has 0 unspecified atom stereocenters. The predicted octanol–water partition coefficient (Wildman–Crippen LogP) is 2.86. The predicted molar refractivity (Wildman–Crippen MR) is 106 cm³/mol. The average molecular weight is 396 g/mol. The van der Waals surface area contributed by atoms with Crippen LogP contribution in [0.1, 0.15) is 33.2 Å². The Morgan fingerprint density at radius 2 is 1.62 bits per heavy atom. The molecule has 0 bridgehead atoms. The van der Waals surface area contributed by atoms with E-state index in [0.29, 0.717) is 37.4 Å². The van der Waals surface area contributed by atoms with Gasteiger partial charge in [0.05, 0.1) is 24.3 Å². The molecular weight excluding hydrogens is 372 g/mol. The van der Waals surface area contributed by atoms with Gasteiger partial charge in [-0.1, -0.05) is 49.4 Å². The monoisotopic (exact) mass is 396 g/mol. The first-order valence-electron chi connectivity index (χ1n) is 9.53. The van der Waals surface area contributed by atoms with E-state index in [1.807, 2.05) is 37.3 Å². The van der Waals surface area contributed by atoms with E-state index in [4.69, 9.17) is 9.47 Å². The van der Waals surface area contributed by atoms with Crippen LogP contribution in [0, 0.1) is 5.92 Å². The number of ether oxygens (including phenoxy) is 2. The second-order valence-corrected chi connectivity index (χ2v) is 6.94. The molecule has 3 rings (SSSR count). The van der Waals surface area contributed by atoms with Crippen molar-refractivity contribution in [2.45, 2.75) is 13.5 Å². The zero-order valence-corrected chi connectivity index (χ0v) is 16.3. The van der Waals surface area contributed by atoms with Gasteiger partial charge in [0.15, 0.2) is 0 Å². The van der Waals surface area contributed by atoms with Crippen molar-refractivity contribution in [3.05, 3.63) is 71.3 Å². The van der Waals surface area contributed by atoms with Crippen molar-refractivity contribution < 1.29 is 23.9 Å². The Labute approximate surface area is 169 Å². The van der Waals surface area contributed by atoms with Crippen LogP contribution in [0.15, 0.2) is 54.6 Å². The fourth-order valence-corrected chi connectivity index (χ4v) is 3.05. The molecule has 29 heavy (non-hydrogen) atoms. The van der Waals surface area contributed by atoms with E-state index in [-0.39, 0.29) is 24.3 Å². The lowest BCUT2D eigenvalue weighted by Crippen LogP contribution is -2.35. The Morgan fingerprint density at radius 3 is 2.28 bits per heavy atom. The molecule has 7 heteroatoms. The van der Waals surface area contributed by atoms with Crippen molar-refractivity contribution in [2.75, 3.05) is 26.3 Å². The van der Waals surface area contributed by atoms with Gasteiger partial charge in [-0.3, -0.25) is 14.5 Å². The van der Waals surface area contributed by atoms with E-state index < -0.39 is 6.09 Å². The zero-order chi connectivity index (χ0) is 20.6. The highest BCUT2D eigenvalue weighted by Gasteiger charge is 2.35. The van der Waals surface area contributed by atoms with Crippen molar-refractivity contribution in [2.24, 2.45) is 5.92 Å². The Kier molecular flexibility index (Phi) is 6.97. The van der Waals surface area contributed by atoms with Gasteiger partial charge < -0.3 is 14.8 Å². The average Bonchev–Trinajstić information content (AvgIpc) is 2.98. The molecule has 1 aliphatic rings. The van der Waals surface area contributed by atoms with Crippen molar-refractivity contribution in [3.8, 4) is 0 Å². The summed E-state index contributed by atoms with van der Waals surface area (Å²) in [5, 5.41) is 2.62. The largest absolute Gasteiger partial charge is 0.445 e. The van der Waals surface area contributed by atoms with Crippen molar-refractivity contribution >= 4 is 17.9 Å². The van der Waals surface area contributed by atoms with Crippen LogP contribution >= 0.6 is 0 Å². The summed E-state index contributed by atoms with van der Waals surface area (Å²) in [6.07, 6.45) is -0.503. The molecule has 2 aromatic rings. The maximum atomic E-state index is 12.4. The molecule has 152 valence electrons. The molecule has 2 aromatic carbocycles. The molecule has 0 aromatic heterocycles. The molecule has 0 radical (unpaired) electrons. The minimum atomic E-state index is -0.503. The summed E-state index contributed by atoms with van der Waals surface area (Å²) >= 11 is 0. The van der Waals surface area contributed by atoms with E-state index in [0.717, 1.165) is 5.56 Å². The highest BCUT2D eigenvalue weighted by molar-refractivity contribution is 6.21. The molecule has 1 aliphatic heterocycles. The Hall–Kier alpha value is -3.19.